The molecule has 3 rings (SSSR count). The third kappa shape index (κ3) is 5.10. The summed E-state index contributed by atoms with van der Waals surface area (Å²) < 4.78 is 33.6. The van der Waals surface area contributed by atoms with Crippen molar-refractivity contribution in [2.75, 3.05) is 0 Å². The Morgan fingerprint density at radius 2 is 1.63 bits per heavy atom. The highest BCUT2D eigenvalue weighted by Gasteiger charge is 2.38. The maximum atomic E-state index is 11.4. The molecule has 8 heteroatoms. The number of nitrogens with zero attached hydrogens (tertiary/aromatic N) is 1. The van der Waals surface area contributed by atoms with Gasteiger partial charge < -0.3 is 14.8 Å². The predicted octanol–water partition coefficient (Wildman–Crippen LogP) is 4.33. The number of halogens is 3. The van der Waals surface area contributed by atoms with Gasteiger partial charge in [0.15, 0.2) is 0 Å². The Morgan fingerprint density at radius 1 is 1.00 bits per heavy atom. The molecule has 0 bridgehead atoms. The topological polar surface area (TPSA) is 79.5 Å². The van der Waals surface area contributed by atoms with Crippen LogP contribution in [0.1, 0.15) is 21.6 Å². The van der Waals surface area contributed by atoms with Gasteiger partial charge in [-0.25, -0.2) is 9.59 Å². The number of carboxylic acids is 2. The molecule has 3 aromatic rings. The number of aromatic carboxylic acids is 1. The van der Waals surface area contributed by atoms with E-state index in [4.69, 9.17) is 9.90 Å². The van der Waals surface area contributed by atoms with E-state index in [-0.39, 0.29) is 0 Å². The zero-order valence-corrected chi connectivity index (χ0v) is 14.2. The molecule has 5 nitrogen and oxygen atoms in total. The minimum Gasteiger partial charge on any atom is -0.477 e. The van der Waals surface area contributed by atoms with Gasteiger partial charge in [-0.3, -0.25) is 0 Å². The van der Waals surface area contributed by atoms with Crippen molar-refractivity contribution in [2.24, 2.45) is 0 Å². The van der Waals surface area contributed by atoms with Crippen LogP contribution in [-0.2, 0) is 11.3 Å². The molecule has 0 aliphatic rings. The molecular weight excluding hydrogens is 363 g/mol. The quantitative estimate of drug-likeness (QED) is 0.710. The summed E-state index contributed by atoms with van der Waals surface area (Å²) >= 11 is 0. The lowest BCUT2D eigenvalue weighted by molar-refractivity contribution is -0.192. The van der Waals surface area contributed by atoms with Gasteiger partial charge in [-0.1, -0.05) is 48.0 Å². The highest BCUT2D eigenvalue weighted by atomic mass is 19.4. The normalized spacial score (nSPS) is 11.0. The van der Waals surface area contributed by atoms with E-state index in [1.54, 1.807) is 6.07 Å². The number of carboxylic acid groups (broad SMARTS) is 2. The van der Waals surface area contributed by atoms with E-state index in [1.807, 2.05) is 54.0 Å². The minimum atomic E-state index is -5.08. The highest BCUT2D eigenvalue weighted by molar-refractivity contribution is 5.94. The van der Waals surface area contributed by atoms with Crippen molar-refractivity contribution in [1.82, 2.24) is 4.57 Å². The third-order valence-electron chi connectivity index (χ3n) is 3.70. The van der Waals surface area contributed by atoms with Gasteiger partial charge in [0.2, 0.25) is 0 Å². The van der Waals surface area contributed by atoms with Crippen molar-refractivity contribution in [3.8, 4) is 0 Å². The summed E-state index contributed by atoms with van der Waals surface area (Å²) in [5.41, 5.74) is 3.56. The van der Waals surface area contributed by atoms with Gasteiger partial charge in [0.05, 0.1) is 0 Å². The van der Waals surface area contributed by atoms with Crippen LogP contribution in [0.4, 0.5) is 13.2 Å². The molecule has 2 aromatic carbocycles. The molecule has 0 spiro atoms. The van der Waals surface area contributed by atoms with Crippen LogP contribution in [0.3, 0.4) is 0 Å². The van der Waals surface area contributed by atoms with Gasteiger partial charge >= 0.3 is 18.1 Å². The maximum Gasteiger partial charge on any atom is 0.490 e. The van der Waals surface area contributed by atoms with Crippen LogP contribution in [0.25, 0.3) is 10.9 Å². The van der Waals surface area contributed by atoms with E-state index < -0.39 is 18.1 Å². The summed E-state index contributed by atoms with van der Waals surface area (Å²) in [4.78, 5) is 20.3. The first-order valence-corrected chi connectivity index (χ1v) is 7.77. The average molecular weight is 379 g/mol. The van der Waals surface area contributed by atoms with Crippen molar-refractivity contribution in [2.45, 2.75) is 19.6 Å². The van der Waals surface area contributed by atoms with Crippen molar-refractivity contribution in [1.29, 1.82) is 0 Å². The van der Waals surface area contributed by atoms with Crippen LogP contribution < -0.4 is 0 Å². The smallest absolute Gasteiger partial charge is 0.477 e. The predicted molar refractivity (Wildman–Crippen MR) is 92.9 cm³/mol. The van der Waals surface area contributed by atoms with Gasteiger partial charge in [-0.15, -0.1) is 0 Å². The first-order valence-electron chi connectivity index (χ1n) is 7.77. The molecule has 1 aromatic heterocycles. The van der Waals surface area contributed by atoms with Gasteiger partial charge in [-0.2, -0.15) is 13.2 Å². The first kappa shape index (κ1) is 20.0. The molecule has 0 saturated carbocycles. The van der Waals surface area contributed by atoms with Crippen molar-refractivity contribution in [3.05, 3.63) is 71.4 Å². The van der Waals surface area contributed by atoms with Crippen LogP contribution in [0, 0.1) is 6.92 Å². The molecular formula is C19H16F3NO4. The molecule has 27 heavy (non-hydrogen) atoms. The van der Waals surface area contributed by atoms with Crippen LogP contribution in [0.5, 0.6) is 0 Å². The fraction of sp³-hybridized carbons (Fsp3) is 0.158. The number of hydrogen-bond acceptors (Lipinski definition) is 2. The van der Waals surface area contributed by atoms with E-state index in [0.29, 0.717) is 12.2 Å². The first-order chi connectivity index (χ1) is 12.6. The Hall–Kier alpha value is -3.29. The number of para-hydroxylation sites is 1. The van der Waals surface area contributed by atoms with Crippen LogP contribution >= 0.6 is 0 Å². The number of benzene rings is 2. The van der Waals surface area contributed by atoms with Gasteiger partial charge in [-0.05, 0) is 24.6 Å². The fourth-order valence-corrected chi connectivity index (χ4v) is 2.55. The minimum absolute atomic E-state index is 0.327. The SMILES string of the molecule is Cc1cccc(Cn2c(C(=O)O)cc3ccccc32)c1.O=C(O)C(F)(F)F. The van der Waals surface area contributed by atoms with E-state index >= 15 is 0 Å². The Morgan fingerprint density at radius 3 is 2.19 bits per heavy atom. The number of aryl methyl sites for hydroxylation is 1. The number of carbonyl (C=O) groups is 2. The zero-order valence-electron chi connectivity index (χ0n) is 14.2. The molecule has 0 aliphatic carbocycles. The summed E-state index contributed by atoms with van der Waals surface area (Å²) in [7, 11) is 0. The zero-order chi connectivity index (χ0) is 20.2. The number of alkyl halides is 3. The van der Waals surface area contributed by atoms with Crippen LogP contribution in [-0.4, -0.2) is 32.9 Å². The lowest BCUT2D eigenvalue weighted by Crippen LogP contribution is -2.21. The van der Waals surface area contributed by atoms with Crippen molar-refractivity contribution < 1.29 is 33.0 Å². The molecule has 2 N–H and O–H groups in total. The van der Waals surface area contributed by atoms with Crippen molar-refractivity contribution >= 4 is 22.8 Å². The Labute approximate surface area is 152 Å². The van der Waals surface area contributed by atoms with E-state index in [9.17, 15) is 23.1 Å². The second kappa shape index (κ2) is 7.94. The molecule has 0 aliphatic heterocycles. The summed E-state index contributed by atoms with van der Waals surface area (Å²) in [5.74, 6) is -3.65. The largest absolute Gasteiger partial charge is 0.490 e. The maximum absolute atomic E-state index is 11.4. The average Bonchev–Trinajstić information content (AvgIpc) is 2.94. The second-order valence-corrected chi connectivity index (χ2v) is 5.77. The fourth-order valence-electron chi connectivity index (χ4n) is 2.55. The van der Waals surface area contributed by atoms with Crippen LogP contribution in [0.15, 0.2) is 54.6 Å². The number of rotatable bonds is 3. The van der Waals surface area contributed by atoms with E-state index in [1.165, 1.54) is 5.56 Å². The third-order valence-corrected chi connectivity index (χ3v) is 3.70. The van der Waals surface area contributed by atoms with Gasteiger partial charge in [0.1, 0.15) is 5.69 Å². The summed E-state index contributed by atoms with van der Waals surface area (Å²) in [5, 5.41) is 17.5. The molecule has 142 valence electrons. The highest BCUT2D eigenvalue weighted by Crippen LogP contribution is 2.21. The number of hydrogen-bond donors (Lipinski definition) is 2. The monoisotopic (exact) mass is 379 g/mol. The number of fused-ring (bicyclic) bond motifs is 1. The summed E-state index contributed by atoms with van der Waals surface area (Å²) in [6, 6.07) is 17.6. The molecule has 0 atom stereocenters. The molecule has 0 amide bonds. The molecule has 0 fully saturated rings. The lowest BCUT2D eigenvalue weighted by Gasteiger charge is -2.09. The number of aliphatic carboxylic acids is 1. The summed E-state index contributed by atoms with van der Waals surface area (Å²) in [6.07, 6.45) is -5.08. The van der Waals surface area contributed by atoms with Crippen LogP contribution in [0.2, 0.25) is 0 Å². The Bertz CT molecular complexity index is 976. The molecule has 1 heterocycles. The second-order valence-electron chi connectivity index (χ2n) is 5.77. The van der Waals surface area contributed by atoms with E-state index in [2.05, 4.69) is 6.07 Å². The number of aromatic nitrogens is 1. The Balaban J connectivity index is 0.000000321. The standard InChI is InChI=1S/C17H15NO2.C2HF3O2/c1-12-5-4-6-13(9-12)11-18-15-8-3-2-7-14(15)10-16(18)17(19)20;3-2(4,5)1(6)7/h2-10H,11H2,1H3,(H,19,20);(H,6,7). The van der Waals surface area contributed by atoms with Gasteiger partial charge in [0.25, 0.3) is 0 Å². The summed E-state index contributed by atoms with van der Waals surface area (Å²) in [6.45, 7) is 2.60. The Kier molecular flexibility index (Phi) is 5.89. The molecule has 0 saturated heterocycles. The molecule has 0 radical (unpaired) electrons. The molecule has 0 unspecified atom stereocenters. The van der Waals surface area contributed by atoms with Crippen molar-refractivity contribution in [3.63, 3.8) is 0 Å². The lowest BCUT2D eigenvalue weighted by atomic mass is 10.1. The van der Waals surface area contributed by atoms with E-state index in [0.717, 1.165) is 16.5 Å². The van der Waals surface area contributed by atoms with Gasteiger partial charge in [0, 0.05) is 17.4 Å².